The van der Waals surface area contributed by atoms with Gasteiger partial charge in [-0.05, 0) is 19.9 Å². The van der Waals surface area contributed by atoms with Crippen molar-refractivity contribution in [2.45, 2.75) is 43.1 Å². The van der Waals surface area contributed by atoms with Gasteiger partial charge in [0.1, 0.15) is 12.2 Å². The molecular weight excluding hydrogens is 268 g/mol. The van der Waals surface area contributed by atoms with Gasteiger partial charge < -0.3 is 0 Å². The van der Waals surface area contributed by atoms with E-state index < -0.39 is 0 Å². The molecule has 1 fully saturated rings. The first kappa shape index (κ1) is 12.0. The van der Waals surface area contributed by atoms with Crippen LogP contribution in [0.2, 0.25) is 0 Å². The molecule has 0 aliphatic heterocycles. The quantitative estimate of drug-likeness (QED) is 0.797. The molecule has 2 unspecified atom stereocenters. The van der Waals surface area contributed by atoms with Gasteiger partial charge in [-0.25, -0.2) is 4.98 Å². The Kier molecular flexibility index (Phi) is 3.97. The van der Waals surface area contributed by atoms with Crippen LogP contribution in [0.15, 0.2) is 6.33 Å². The van der Waals surface area contributed by atoms with Crippen molar-refractivity contribution in [1.29, 1.82) is 0 Å². The molecule has 0 N–H and O–H groups in total. The minimum atomic E-state index is 0.625. The third kappa shape index (κ3) is 2.63. The average molecular weight is 287 g/mol. The summed E-state index contributed by atoms with van der Waals surface area (Å²) in [5.41, 5.74) is 0. The molecule has 1 saturated carbocycles. The van der Waals surface area contributed by atoms with E-state index in [-0.39, 0.29) is 0 Å². The molecule has 0 radical (unpaired) electrons. The van der Waals surface area contributed by atoms with Crippen LogP contribution >= 0.6 is 15.9 Å². The number of alkyl halides is 1. The van der Waals surface area contributed by atoms with Crippen molar-refractivity contribution in [3.05, 3.63) is 12.2 Å². The van der Waals surface area contributed by atoms with E-state index in [2.05, 4.69) is 38.0 Å². The van der Waals surface area contributed by atoms with Crippen LogP contribution in [0.4, 0.5) is 0 Å². The van der Waals surface area contributed by atoms with Gasteiger partial charge in [-0.3, -0.25) is 9.58 Å². The maximum atomic E-state index is 4.27. The van der Waals surface area contributed by atoms with E-state index in [1.54, 1.807) is 6.33 Å². The molecule has 1 heterocycles. The molecule has 2 rings (SSSR count). The lowest BCUT2D eigenvalue weighted by molar-refractivity contribution is 0.187. The lowest BCUT2D eigenvalue weighted by Crippen LogP contribution is -2.40. The first-order valence-electron chi connectivity index (χ1n) is 5.85. The smallest absolute Gasteiger partial charge is 0.140 e. The van der Waals surface area contributed by atoms with Gasteiger partial charge in [0.15, 0.2) is 0 Å². The standard InChI is InChI=1S/C11H19BrN4/c1-15(7-11-13-8-14-16(11)2)10-6-4-3-5-9(10)12/h8-10H,3-7H2,1-2H3. The van der Waals surface area contributed by atoms with E-state index in [1.807, 2.05) is 11.7 Å². The molecule has 0 amide bonds. The molecule has 1 aliphatic rings. The number of aryl methyl sites for hydroxylation is 1. The summed E-state index contributed by atoms with van der Waals surface area (Å²) >= 11 is 3.79. The molecule has 0 saturated heterocycles. The lowest BCUT2D eigenvalue weighted by atomic mass is 9.94. The van der Waals surface area contributed by atoms with E-state index in [1.165, 1.54) is 25.7 Å². The maximum Gasteiger partial charge on any atom is 0.140 e. The maximum absolute atomic E-state index is 4.27. The summed E-state index contributed by atoms with van der Waals surface area (Å²) in [7, 11) is 4.13. The minimum Gasteiger partial charge on any atom is -0.295 e. The monoisotopic (exact) mass is 286 g/mol. The number of hydrogen-bond acceptors (Lipinski definition) is 3. The Morgan fingerprint density at radius 2 is 2.25 bits per heavy atom. The van der Waals surface area contributed by atoms with Gasteiger partial charge in [0.2, 0.25) is 0 Å². The molecule has 0 aromatic carbocycles. The van der Waals surface area contributed by atoms with Crippen LogP contribution in [-0.2, 0) is 13.6 Å². The van der Waals surface area contributed by atoms with Gasteiger partial charge in [0.05, 0.1) is 6.54 Å². The van der Waals surface area contributed by atoms with Gasteiger partial charge in [-0.15, -0.1) is 0 Å². The predicted molar refractivity (Wildman–Crippen MR) is 67.4 cm³/mol. The summed E-state index contributed by atoms with van der Waals surface area (Å²) in [6.45, 7) is 0.878. The van der Waals surface area contributed by atoms with E-state index in [0.717, 1.165) is 12.4 Å². The highest BCUT2D eigenvalue weighted by atomic mass is 79.9. The largest absolute Gasteiger partial charge is 0.295 e. The van der Waals surface area contributed by atoms with Crippen LogP contribution in [0.25, 0.3) is 0 Å². The highest BCUT2D eigenvalue weighted by Gasteiger charge is 2.26. The predicted octanol–water partition coefficient (Wildman–Crippen LogP) is 1.95. The molecule has 2 atom stereocenters. The van der Waals surface area contributed by atoms with Crippen molar-refractivity contribution in [3.63, 3.8) is 0 Å². The highest BCUT2D eigenvalue weighted by Crippen LogP contribution is 2.28. The van der Waals surface area contributed by atoms with Crippen molar-refractivity contribution in [2.75, 3.05) is 7.05 Å². The fourth-order valence-corrected chi connectivity index (χ4v) is 3.36. The van der Waals surface area contributed by atoms with Crippen LogP contribution < -0.4 is 0 Å². The fourth-order valence-electron chi connectivity index (χ4n) is 2.37. The van der Waals surface area contributed by atoms with Crippen LogP contribution in [0.5, 0.6) is 0 Å². The number of nitrogens with zero attached hydrogens (tertiary/aromatic N) is 4. The van der Waals surface area contributed by atoms with Crippen molar-refractivity contribution in [1.82, 2.24) is 19.7 Å². The molecule has 90 valence electrons. The zero-order chi connectivity index (χ0) is 11.5. The summed E-state index contributed by atoms with van der Waals surface area (Å²) in [6.07, 6.45) is 6.88. The van der Waals surface area contributed by atoms with Crippen LogP contribution in [-0.4, -0.2) is 37.6 Å². The molecule has 1 aromatic heterocycles. The molecular formula is C11H19BrN4. The first-order chi connectivity index (χ1) is 7.68. The second kappa shape index (κ2) is 5.27. The summed E-state index contributed by atoms with van der Waals surface area (Å²) in [5, 5.41) is 4.10. The molecule has 0 spiro atoms. The van der Waals surface area contributed by atoms with Gasteiger partial charge in [-0.2, -0.15) is 5.10 Å². The van der Waals surface area contributed by atoms with E-state index in [0.29, 0.717) is 10.9 Å². The Bertz CT molecular complexity index is 338. The van der Waals surface area contributed by atoms with Crippen molar-refractivity contribution in [2.24, 2.45) is 7.05 Å². The number of hydrogen-bond donors (Lipinski definition) is 0. The molecule has 1 aliphatic carbocycles. The van der Waals surface area contributed by atoms with Crippen LogP contribution in [0.1, 0.15) is 31.5 Å². The molecule has 5 heteroatoms. The Morgan fingerprint density at radius 3 is 2.88 bits per heavy atom. The highest BCUT2D eigenvalue weighted by molar-refractivity contribution is 9.09. The average Bonchev–Trinajstić information content (AvgIpc) is 2.65. The van der Waals surface area contributed by atoms with Crippen molar-refractivity contribution < 1.29 is 0 Å². The second-order valence-electron chi connectivity index (χ2n) is 4.58. The normalized spacial score (nSPS) is 26.2. The minimum absolute atomic E-state index is 0.625. The first-order valence-corrected chi connectivity index (χ1v) is 6.77. The van der Waals surface area contributed by atoms with E-state index in [9.17, 15) is 0 Å². The molecule has 0 bridgehead atoms. The third-order valence-corrected chi connectivity index (χ3v) is 4.48. The summed E-state index contributed by atoms with van der Waals surface area (Å²) in [4.78, 5) is 7.29. The van der Waals surface area contributed by atoms with Crippen molar-refractivity contribution >= 4 is 15.9 Å². The van der Waals surface area contributed by atoms with Gasteiger partial charge in [-0.1, -0.05) is 28.8 Å². The van der Waals surface area contributed by atoms with E-state index >= 15 is 0 Å². The fraction of sp³-hybridized carbons (Fsp3) is 0.818. The number of rotatable bonds is 3. The Hall–Kier alpha value is -0.420. The Morgan fingerprint density at radius 1 is 1.50 bits per heavy atom. The zero-order valence-electron chi connectivity index (χ0n) is 9.93. The van der Waals surface area contributed by atoms with E-state index in [4.69, 9.17) is 0 Å². The third-order valence-electron chi connectivity index (χ3n) is 3.41. The van der Waals surface area contributed by atoms with Gasteiger partial charge in [0, 0.05) is 17.9 Å². The number of halogens is 1. The molecule has 1 aromatic rings. The SMILES string of the molecule is CN(Cc1ncnn1C)C1CCCCC1Br. The molecule has 4 nitrogen and oxygen atoms in total. The summed E-state index contributed by atoms with van der Waals surface area (Å²) < 4.78 is 1.85. The molecule has 16 heavy (non-hydrogen) atoms. The van der Waals surface area contributed by atoms with Gasteiger partial charge >= 0.3 is 0 Å². The zero-order valence-corrected chi connectivity index (χ0v) is 11.5. The van der Waals surface area contributed by atoms with Gasteiger partial charge in [0.25, 0.3) is 0 Å². The van der Waals surface area contributed by atoms with Crippen LogP contribution in [0, 0.1) is 0 Å². The van der Waals surface area contributed by atoms with Crippen LogP contribution in [0.3, 0.4) is 0 Å². The number of aromatic nitrogens is 3. The lowest BCUT2D eigenvalue weighted by Gasteiger charge is -2.34. The Balaban J connectivity index is 1.96. The summed E-state index contributed by atoms with van der Waals surface area (Å²) in [5.74, 6) is 1.03. The summed E-state index contributed by atoms with van der Waals surface area (Å²) in [6, 6.07) is 0.630. The topological polar surface area (TPSA) is 34.0 Å². The second-order valence-corrected chi connectivity index (χ2v) is 5.76. The Labute approximate surface area is 105 Å². The van der Waals surface area contributed by atoms with Crippen molar-refractivity contribution in [3.8, 4) is 0 Å².